The highest BCUT2D eigenvalue weighted by atomic mass is 127. The Kier molecular flexibility index (Phi) is 10.1. The second-order valence-corrected chi connectivity index (χ2v) is 9.82. The zero-order valence-corrected chi connectivity index (χ0v) is 21.9. The second kappa shape index (κ2) is 12.8. The maximum absolute atomic E-state index is 6.26. The van der Waals surface area contributed by atoms with Crippen LogP contribution in [0.3, 0.4) is 0 Å². The van der Waals surface area contributed by atoms with Gasteiger partial charge in [0.1, 0.15) is 18.9 Å². The van der Waals surface area contributed by atoms with E-state index in [2.05, 4.69) is 73.8 Å². The van der Waals surface area contributed by atoms with Crippen LogP contribution in [0.15, 0.2) is 54.6 Å². The number of quaternary nitrogens is 1. The van der Waals surface area contributed by atoms with Crippen LogP contribution in [0.1, 0.15) is 75.3 Å². The number of likely N-dealkylation sites (N-methyl/N-ethyl adjacent to an activating group) is 1. The van der Waals surface area contributed by atoms with Gasteiger partial charge < -0.3 is 33.2 Å². The summed E-state index contributed by atoms with van der Waals surface area (Å²) < 4.78 is 7.51. The smallest absolute Gasteiger partial charge is 0.137 e. The molecule has 0 saturated heterocycles. The molecule has 0 aromatic heterocycles. The summed E-state index contributed by atoms with van der Waals surface area (Å²) in [6.07, 6.45) is 18.5. The first-order valence-electron chi connectivity index (χ1n) is 12.5. The standard InChI is InChI=1S/C29H40NO.HI/c1-30(27-13-7-3-8-14-27,28-15-9-4-10-16-28)23-24-31-29-21-19-26(20-22-29)18-17-25-11-5-2-6-12-25;/h2,5-6,11-12,17-22,27-28H,3-4,7-10,13-16,23-24H2,1H3;1H/q+1;/p-1/b18-17+;. The molecular formula is C29H40INO. The molecule has 0 bridgehead atoms. The van der Waals surface area contributed by atoms with E-state index in [1.807, 2.05) is 0 Å². The molecule has 0 aliphatic heterocycles. The third-order valence-electron chi connectivity index (χ3n) is 7.81. The third-order valence-corrected chi connectivity index (χ3v) is 7.81. The van der Waals surface area contributed by atoms with Crippen LogP contribution in [0.5, 0.6) is 5.75 Å². The number of rotatable bonds is 8. The SMILES string of the molecule is C[N+](CCOc1ccc(/C=C/c2ccccc2)cc1)(C1CCCCC1)C1CCCCC1.[I-]. The normalized spacial score (nSPS) is 18.4. The van der Waals surface area contributed by atoms with Gasteiger partial charge in [0, 0.05) is 0 Å². The van der Waals surface area contributed by atoms with Gasteiger partial charge in [-0.1, -0.05) is 67.5 Å². The fourth-order valence-electron chi connectivity index (χ4n) is 5.80. The van der Waals surface area contributed by atoms with Crippen molar-refractivity contribution in [2.75, 3.05) is 20.2 Å². The molecule has 0 unspecified atom stereocenters. The Bertz CT molecular complexity index is 787. The molecule has 0 spiro atoms. The van der Waals surface area contributed by atoms with Gasteiger partial charge in [0.15, 0.2) is 0 Å². The maximum atomic E-state index is 6.26. The van der Waals surface area contributed by atoms with Gasteiger partial charge in [-0.3, -0.25) is 0 Å². The Morgan fingerprint density at radius 3 is 1.75 bits per heavy atom. The van der Waals surface area contributed by atoms with Crippen LogP contribution in [-0.4, -0.2) is 36.8 Å². The van der Waals surface area contributed by atoms with Gasteiger partial charge in [0.2, 0.25) is 0 Å². The highest BCUT2D eigenvalue weighted by Gasteiger charge is 2.40. The van der Waals surface area contributed by atoms with Crippen molar-refractivity contribution in [3.8, 4) is 5.75 Å². The number of hydrogen-bond acceptors (Lipinski definition) is 1. The molecule has 2 aliphatic rings. The zero-order chi connectivity index (χ0) is 21.4. The number of benzene rings is 2. The minimum atomic E-state index is 0. The summed E-state index contributed by atoms with van der Waals surface area (Å²) in [5, 5.41) is 0. The molecule has 32 heavy (non-hydrogen) atoms. The predicted octanol–water partition coefficient (Wildman–Crippen LogP) is 4.35. The zero-order valence-electron chi connectivity index (χ0n) is 19.7. The molecular weight excluding hydrogens is 505 g/mol. The molecule has 0 N–H and O–H groups in total. The summed E-state index contributed by atoms with van der Waals surface area (Å²) in [4.78, 5) is 0. The largest absolute Gasteiger partial charge is 1.00 e. The first kappa shape index (κ1) is 25.3. The number of nitrogens with zero attached hydrogens (tertiary/aromatic N) is 1. The summed E-state index contributed by atoms with van der Waals surface area (Å²) in [6.45, 7) is 1.97. The van der Waals surface area contributed by atoms with Gasteiger partial charge in [0.25, 0.3) is 0 Å². The van der Waals surface area contributed by atoms with Gasteiger partial charge in [-0.15, -0.1) is 0 Å². The summed E-state index contributed by atoms with van der Waals surface area (Å²) in [5.74, 6) is 0.996. The molecule has 0 heterocycles. The number of hydrogen-bond donors (Lipinski definition) is 0. The van der Waals surface area contributed by atoms with Crippen molar-refractivity contribution in [1.82, 2.24) is 0 Å². The maximum Gasteiger partial charge on any atom is 0.137 e. The molecule has 2 saturated carbocycles. The third kappa shape index (κ3) is 6.84. The molecule has 0 radical (unpaired) electrons. The van der Waals surface area contributed by atoms with Gasteiger partial charge >= 0.3 is 0 Å². The summed E-state index contributed by atoms with van der Waals surface area (Å²) in [7, 11) is 2.55. The van der Waals surface area contributed by atoms with E-state index in [9.17, 15) is 0 Å². The molecule has 174 valence electrons. The summed E-state index contributed by atoms with van der Waals surface area (Å²) in [5.41, 5.74) is 2.44. The fraction of sp³-hybridized carbons (Fsp3) is 0.517. The first-order chi connectivity index (χ1) is 15.2. The number of halogens is 1. The van der Waals surface area contributed by atoms with Crippen LogP contribution in [0.25, 0.3) is 12.2 Å². The molecule has 2 aromatic carbocycles. The Morgan fingerprint density at radius 2 is 1.22 bits per heavy atom. The van der Waals surface area contributed by atoms with Crippen molar-refractivity contribution >= 4 is 12.2 Å². The number of ether oxygens (including phenoxy) is 1. The van der Waals surface area contributed by atoms with Crippen LogP contribution in [0.2, 0.25) is 0 Å². The Hall–Kier alpha value is -1.33. The molecule has 0 atom stereocenters. The van der Waals surface area contributed by atoms with Crippen molar-refractivity contribution in [3.05, 3.63) is 65.7 Å². The lowest BCUT2D eigenvalue weighted by Crippen LogP contribution is -3.00. The quantitative estimate of drug-likeness (QED) is 0.272. The van der Waals surface area contributed by atoms with Crippen molar-refractivity contribution in [3.63, 3.8) is 0 Å². The van der Waals surface area contributed by atoms with Crippen molar-refractivity contribution < 1.29 is 33.2 Å². The summed E-state index contributed by atoms with van der Waals surface area (Å²) in [6, 6.07) is 20.7. The van der Waals surface area contributed by atoms with Gasteiger partial charge in [0.05, 0.1) is 19.1 Å². The van der Waals surface area contributed by atoms with E-state index >= 15 is 0 Å². The van der Waals surface area contributed by atoms with Crippen LogP contribution in [-0.2, 0) is 0 Å². The highest BCUT2D eigenvalue weighted by Crippen LogP contribution is 2.35. The lowest BCUT2D eigenvalue weighted by molar-refractivity contribution is -0.958. The lowest BCUT2D eigenvalue weighted by Gasteiger charge is -2.50. The fourth-order valence-corrected chi connectivity index (χ4v) is 5.80. The molecule has 2 nitrogen and oxygen atoms in total. The van der Waals surface area contributed by atoms with E-state index in [1.54, 1.807) is 0 Å². The van der Waals surface area contributed by atoms with Crippen LogP contribution in [0, 0.1) is 0 Å². The molecule has 2 aromatic rings. The first-order valence-corrected chi connectivity index (χ1v) is 12.5. The van der Waals surface area contributed by atoms with Gasteiger partial charge in [-0.05, 0) is 74.6 Å². The van der Waals surface area contributed by atoms with Crippen LogP contribution < -0.4 is 28.7 Å². The Labute approximate surface area is 212 Å². The summed E-state index contributed by atoms with van der Waals surface area (Å²) >= 11 is 0. The van der Waals surface area contributed by atoms with E-state index in [4.69, 9.17) is 4.74 Å². The highest BCUT2D eigenvalue weighted by molar-refractivity contribution is 5.69. The minimum Gasteiger partial charge on any atom is -1.00 e. The van der Waals surface area contributed by atoms with Crippen molar-refractivity contribution in [2.45, 2.75) is 76.3 Å². The topological polar surface area (TPSA) is 9.23 Å². The van der Waals surface area contributed by atoms with Crippen LogP contribution >= 0.6 is 0 Å². The molecule has 0 amide bonds. The van der Waals surface area contributed by atoms with Gasteiger partial charge in [-0.25, -0.2) is 0 Å². The van der Waals surface area contributed by atoms with Crippen molar-refractivity contribution in [1.29, 1.82) is 0 Å². The average molecular weight is 546 g/mol. The molecule has 3 heteroatoms. The predicted molar refractivity (Wildman–Crippen MR) is 132 cm³/mol. The van der Waals surface area contributed by atoms with E-state index in [1.165, 1.54) is 79.8 Å². The van der Waals surface area contributed by atoms with E-state index in [0.29, 0.717) is 0 Å². The molecule has 2 aliphatic carbocycles. The van der Waals surface area contributed by atoms with E-state index in [0.717, 1.165) is 31.0 Å². The minimum absolute atomic E-state index is 0. The second-order valence-electron chi connectivity index (χ2n) is 9.82. The molecule has 2 fully saturated rings. The lowest BCUT2D eigenvalue weighted by atomic mass is 9.86. The Balaban J connectivity index is 0.00000289. The molecule has 4 rings (SSSR count). The Morgan fingerprint density at radius 1 is 0.719 bits per heavy atom. The van der Waals surface area contributed by atoms with Crippen molar-refractivity contribution in [2.24, 2.45) is 0 Å². The average Bonchev–Trinajstić information content (AvgIpc) is 2.85. The van der Waals surface area contributed by atoms with Crippen LogP contribution in [0.4, 0.5) is 0 Å². The van der Waals surface area contributed by atoms with E-state index < -0.39 is 0 Å². The van der Waals surface area contributed by atoms with Gasteiger partial charge in [-0.2, -0.15) is 0 Å². The monoisotopic (exact) mass is 545 g/mol. The van der Waals surface area contributed by atoms with E-state index in [-0.39, 0.29) is 24.0 Å².